The number of hydrogen-bond donors (Lipinski definition) is 1. The number of benzene rings is 2. The van der Waals surface area contributed by atoms with Crippen LogP contribution in [0.3, 0.4) is 0 Å². The first kappa shape index (κ1) is 20.8. The van der Waals surface area contributed by atoms with Crippen LogP contribution in [-0.4, -0.2) is 35.3 Å². The van der Waals surface area contributed by atoms with Gasteiger partial charge in [0.2, 0.25) is 5.95 Å². The monoisotopic (exact) mass is 421 g/mol. The number of allylic oxidation sites excluding steroid dienone is 1. The van der Waals surface area contributed by atoms with E-state index in [1.807, 2.05) is 74.7 Å². The molecule has 0 amide bonds. The number of aromatic nitrogens is 2. The SMILES string of the molecule is COc1ccc(C2Nc3nc4ccccc4n3C(C)=C2C(=O)OC(C)(C)C)cc1OC. The van der Waals surface area contributed by atoms with E-state index in [-0.39, 0.29) is 5.97 Å². The van der Waals surface area contributed by atoms with E-state index in [2.05, 4.69) is 5.32 Å². The number of hydrogen-bond acceptors (Lipinski definition) is 6. The van der Waals surface area contributed by atoms with Gasteiger partial charge in [0.05, 0.1) is 36.9 Å². The number of imidazole rings is 1. The largest absolute Gasteiger partial charge is 0.493 e. The lowest BCUT2D eigenvalue weighted by molar-refractivity contribution is -0.150. The van der Waals surface area contributed by atoms with Gasteiger partial charge in [0.1, 0.15) is 5.60 Å². The first-order chi connectivity index (χ1) is 14.7. The van der Waals surface area contributed by atoms with Crippen LogP contribution in [0.15, 0.2) is 48.0 Å². The van der Waals surface area contributed by atoms with Crippen LogP contribution in [0.5, 0.6) is 11.5 Å². The molecule has 1 N–H and O–H groups in total. The second kappa shape index (κ2) is 7.65. The van der Waals surface area contributed by atoms with Gasteiger partial charge in [-0.15, -0.1) is 0 Å². The van der Waals surface area contributed by atoms with Crippen LogP contribution in [0.4, 0.5) is 5.95 Å². The third-order valence-corrected chi connectivity index (χ3v) is 5.21. The molecule has 0 bridgehead atoms. The van der Waals surface area contributed by atoms with Gasteiger partial charge in [-0.05, 0) is 57.5 Å². The van der Waals surface area contributed by atoms with E-state index in [9.17, 15) is 4.79 Å². The zero-order chi connectivity index (χ0) is 22.3. The topological polar surface area (TPSA) is 74.6 Å². The lowest BCUT2D eigenvalue weighted by Gasteiger charge is -2.31. The fourth-order valence-corrected chi connectivity index (χ4v) is 3.87. The fraction of sp³-hybridized carbons (Fsp3) is 0.333. The van der Waals surface area contributed by atoms with Crippen LogP contribution in [0, 0.1) is 0 Å². The standard InChI is InChI=1S/C24H27N3O4/c1-14-20(22(28)31-24(2,3)4)21(15-11-12-18(29-5)19(13-15)30-6)26-23-25-16-9-7-8-10-17(16)27(14)23/h7-13,21H,1-6H3,(H,25,26). The molecule has 0 aliphatic carbocycles. The molecule has 0 spiro atoms. The van der Waals surface area contributed by atoms with E-state index < -0.39 is 11.6 Å². The van der Waals surface area contributed by atoms with Crippen molar-refractivity contribution in [3.63, 3.8) is 0 Å². The molecule has 2 aromatic carbocycles. The van der Waals surface area contributed by atoms with E-state index in [4.69, 9.17) is 19.2 Å². The number of fused-ring (bicyclic) bond motifs is 3. The molecule has 7 nitrogen and oxygen atoms in total. The summed E-state index contributed by atoms with van der Waals surface area (Å²) in [6.45, 7) is 7.51. The van der Waals surface area contributed by atoms with Crippen molar-refractivity contribution in [3.05, 3.63) is 53.6 Å². The highest BCUT2D eigenvalue weighted by atomic mass is 16.6. The molecule has 1 atom stereocenters. The fourth-order valence-electron chi connectivity index (χ4n) is 3.87. The smallest absolute Gasteiger partial charge is 0.338 e. The minimum absolute atomic E-state index is 0.374. The second-order valence-corrected chi connectivity index (χ2v) is 8.45. The highest BCUT2D eigenvalue weighted by Crippen LogP contribution is 2.41. The number of para-hydroxylation sites is 2. The molecule has 1 unspecified atom stereocenters. The van der Waals surface area contributed by atoms with Gasteiger partial charge in [0.25, 0.3) is 0 Å². The van der Waals surface area contributed by atoms with Crippen LogP contribution >= 0.6 is 0 Å². The summed E-state index contributed by atoms with van der Waals surface area (Å²) in [7, 11) is 3.18. The Hall–Kier alpha value is -3.48. The number of carbonyl (C=O) groups is 1. The maximum Gasteiger partial charge on any atom is 0.338 e. The van der Waals surface area contributed by atoms with Crippen molar-refractivity contribution in [2.75, 3.05) is 19.5 Å². The Labute approximate surface area is 181 Å². The number of rotatable bonds is 4. The van der Waals surface area contributed by atoms with Crippen LogP contribution in [0.2, 0.25) is 0 Å². The lowest BCUT2D eigenvalue weighted by atomic mass is 9.95. The van der Waals surface area contributed by atoms with Crippen LogP contribution in [0.1, 0.15) is 39.3 Å². The molecule has 1 aliphatic heterocycles. The van der Waals surface area contributed by atoms with Gasteiger partial charge in [-0.2, -0.15) is 0 Å². The minimum Gasteiger partial charge on any atom is -0.493 e. The van der Waals surface area contributed by atoms with Gasteiger partial charge in [0.15, 0.2) is 11.5 Å². The Morgan fingerprint density at radius 2 is 1.77 bits per heavy atom. The number of anilines is 1. The van der Waals surface area contributed by atoms with Crippen LogP contribution in [0.25, 0.3) is 16.7 Å². The van der Waals surface area contributed by atoms with Crippen molar-refractivity contribution in [3.8, 4) is 11.5 Å². The van der Waals surface area contributed by atoms with Crippen molar-refractivity contribution < 1.29 is 19.0 Å². The predicted molar refractivity (Wildman–Crippen MR) is 120 cm³/mol. The number of carbonyl (C=O) groups excluding carboxylic acids is 1. The number of nitrogens with zero attached hydrogens (tertiary/aromatic N) is 2. The average Bonchev–Trinajstić information content (AvgIpc) is 3.10. The van der Waals surface area contributed by atoms with Gasteiger partial charge in [-0.25, -0.2) is 9.78 Å². The van der Waals surface area contributed by atoms with Gasteiger partial charge in [0, 0.05) is 5.70 Å². The Morgan fingerprint density at radius 1 is 1.06 bits per heavy atom. The summed E-state index contributed by atoms with van der Waals surface area (Å²) in [5.74, 6) is 1.50. The summed E-state index contributed by atoms with van der Waals surface area (Å²) in [6, 6.07) is 13.0. The zero-order valence-electron chi connectivity index (χ0n) is 18.6. The van der Waals surface area contributed by atoms with Crippen LogP contribution < -0.4 is 14.8 Å². The van der Waals surface area contributed by atoms with E-state index in [0.717, 1.165) is 22.3 Å². The lowest BCUT2D eigenvalue weighted by Crippen LogP contribution is -2.32. The summed E-state index contributed by atoms with van der Waals surface area (Å²) < 4.78 is 18.6. The summed E-state index contributed by atoms with van der Waals surface area (Å²) in [5, 5.41) is 3.44. The number of esters is 1. The summed E-state index contributed by atoms with van der Waals surface area (Å²) in [4.78, 5) is 18.1. The van der Waals surface area contributed by atoms with E-state index in [0.29, 0.717) is 23.0 Å². The molecular weight excluding hydrogens is 394 g/mol. The van der Waals surface area contributed by atoms with Crippen molar-refractivity contribution in [2.24, 2.45) is 0 Å². The molecule has 3 aromatic rings. The highest BCUT2D eigenvalue weighted by Gasteiger charge is 2.35. The zero-order valence-corrected chi connectivity index (χ0v) is 18.6. The van der Waals surface area contributed by atoms with Gasteiger partial charge >= 0.3 is 5.97 Å². The normalized spacial score (nSPS) is 16.0. The third-order valence-electron chi connectivity index (χ3n) is 5.21. The summed E-state index contributed by atoms with van der Waals surface area (Å²) in [6.07, 6.45) is 0. The minimum atomic E-state index is -0.621. The maximum atomic E-state index is 13.3. The third kappa shape index (κ3) is 3.71. The molecule has 0 fully saturated rings. The molecule has 1 aliphatic rings. The summed E-state index contributed by atoms with van der Waals surface area (Å²) >= 11 is 0. The van der Waals surface area contributed by atoms with Gasteiger partial charge in [-0.1, -0.05) is 18.2 Å². The predicted octanol–water partition coefficient (Wildman–Crippen LogP) is 4.79. The average molecular weight is 421 g/mol. The molecule has 1 aromatic heterocycles. The van der Waals surface area contributed by atoms with Gasteiger partial charge in [-0.3, -0.25) is 4.57 Å². The molecular formula is C24H27N3O4. The maximum absolute atomic E-state index is 13.3. The first-order valence-corrected chi connectivity index (χ1v) is 10.1. The number of nitrogens with one attached hydrogen (secondary N) is 1. The van der Waals surface area contributed by atoms with Gasteiger partial charge < -0.3 is 19.5 Å². The van der Waals surface area contributed by atoms with E-state index in [1.54, 1.807) is 14.2 Å². The second-order valence-electron chi connectivity index (χ2n) is 8.45. The highest BCUT2D eigenvalue weighted by molar-refractivity contribution is 6.00. The molecule has 7 heteroatoms. The van der Waals surface area contributed by atoms with Crippen molar-refractivity contribution >= 4 is 28.6 Å². The molecule has 162 valence electrons. The molecule has 2 heterocycles. The van der Waals surface area contributed by atoms with Crippen LogP contribution in [-0.2, 0) is 9.53 Å². The Morgan fingerprint density at radius 3 is 2.45 bits per heavy atom. The van der Waals surface area contributed by atoms with E-state index in [1.165, 1.54) is 0 Å². The summed E-state index contributed by atoms with van der Waals surface area (Å²) in [5.41, 5.74) is 3.30. The van der Waals surface area contributed by atoms with Crippen molar-refractivity contribution in [1.29, 1.82) is 0 Å². The van der Waals surface area contributed by atoms with Crippen molar-refractivity contribution in [2.45, 2.75) is 39.3 Å². The molecule has 0 saturated carbocycles. The molecule has 0 saturated heterocycles. The number of methoxy groups -OCH3 is 2. The Bertz CT molecular complexity index is 1190. The quantitative estimate of drug-likeness (QED) is 0.611. The van der Waals surface area contributed by atoms with E-state index >= 15 is 0 Å². The molecule has 0 radical (unpaired) electrons. The Kier molecular flexibility index (Phi) is 5.13. The molecule has 31 heavy (non-hydrogen) atoms. The Balaban J connectivity index is 1.91. The molecule has 4 rings (SSSR count). The first-order valence-electron chi connectivity index (χ1n) is 10.1. The van der Waals surface area contributed by atoms with Crippen molar-refractivity contribution in [1.82, 2.24) is 9.55 Å². The number of ether oxygens (including phenoxy) is 3.